The number of esters is 4. The van der Waals surface area contributed by atoms with Gasteiger partial charge in [0.25, 0.3) is 0 Å². The monoisotopic (exact) mass is 872 g/mol. The summed E-state index contributed by atoms with van der Waals surface area (Å²) in [6, 6.07) is 27.3. The number of hydrogen-bond donors (Lipinski definition) is 0. The highest BCUT2D eigenvalue weighted by molar-refractivity contribution is 7.22. The molecule has 0 saturated heterocycles. The molecule has 15 heteroatoms. The van der Waals surface area contributed by atoms with Gasteiger partial charge in [-0.2, -0.15) is 10.4 Å². The van der Waals surface area contributed by atoms with Gasteiger partial charge in [0.1, 0.15) is 29.5 Å². The van der Waals surface area contributed by atoms with Crippen LogP contribution in [0.2, 0.25) is 0 Å². The lowest BCUT2D eigenvalue weighted by atomic mass is 10.2. The molecule has 4 aromatic carbocycles. The van der Waals surface area contributed by atoms with E-state index in [1.807, 2.05) is 24.3 Å². The lowest BCUT2D eigenvalue weighted by Gasteiger charge is -2.13. The number of para-hydroxylation sites is 1. The molecule has 63 heavy (non-hydrogen) atoms. The number of rotatable bonds is 26. The van der Waals surface area contributed by atoms with E-state index in [4.69, 9.17) is 28.4 Å². The number of thiazole rings is 1. The van der Waals surface area contributed by atoms with E-state index in [9.17, 15) is 24.4 Å². The molecule has 0 bridgehead atoms. The molecule has 1 aromatic heterocycles. The van der Waals surface area contributed by atoms with Crippen LogP contribution in [0.5, 0.6) is 23.0 Å². The molecule has 0 aliphatic carbocycles. The molecular formula is C48H48N4O10S. The number of benzene rings is 4. The molecular weight excluding hydrogens is 825 g/mol. The second kappa shape index (κ2) is 25.5. The Morgan fingerprint density at radius 3 is 1.73 bits per heavy atom. The van der Waals surface area contributed by atoms with Gasteiger partial charge in [-0.3, -0.25) is 0 Å². The summed E-state index contributed by atoms with van der Waals surface area (Å²) in [5.74, 6) is -0.644. The number of unbranched alkanes of at least 4 members (excludes halogenated alkanes) is 6. The number of nitriles is 1. The fourth-order valence-corrected chi connectivity index (χ4v) is 6.69. The normalized spacial score (nSPS) is 10.7. The number of fused-ring (bicyclic) bond motifs is 1. The third-order valence-electron chi connectivity index (χ3n) is 9.07. The fourth-order valence-electron chi connectivity index (χ4n) is 5.77. The van der Waals surface area contributed by atoms with Crippen LogP contribution in [0.1, 0.15) is 77.6 Å². The highest BCUT2D eigenvalue weighted by Crippen LogP contribution is 2.30. The second-order valence-electron chi connectivity index (χ2n) is 13.7. The second-order valence-corrected chi connectivity index (χ2v) is 14.7. The van der Waals surface area contributed by atoms with Crippen molar-refractivity contribution in [2.75, 3.05) is 38.0 Å². The maximum Gasteiger partial charge on any atom is 0.343 e. The van der Waals surface area contributed by atoms with Gasteiger partial charge in [0.05, 0.1) is 60.1 Å². The summed E-state index contributed by atoms with van der Waals surface area (Å²) in [6.45, 7) is 8.33. The van der Waals surface area contributed by atoms with Crippen LogP contribution in [0.15, 0.2) is 121 Å². The number of ether oxygens (including phenoxy) is 6. The predicted molar refractivity (Wildman–Crippen MR) is 240 cm³/mol. The van der Waals surface area contributed by atoms with Crippen LogP contribution in [-0.2, 0) is 19.1 Å². The summed E-state index contributed by atoms with van der Waals surface area (Å²) >= 11 is 1.37. The van der Waals surface area contributed by atoms with Gasteiger partial charge in [-0.25, -0.2) is 29.2 Å². The predicted octanol–water partition coefficient (Wildman–Crippen LogP) is 9.44. The Morgan fingerprint density at radius 1 is 0.667 bits per heavy atom. The summed E-state index contributed by atoms with van der Waals surface area (Å²) < 4.78 is 34.1. The zero-order chi connectivity index (χ0) is 44.7. The number of hydrazone groups is 1. The highest BCUT2D eigenvalue weighted by atomic mass is 32.1. The summed E-state index contributed by atoms with van der Waals surface area (Å²) in [5, 5.41) is 16.1. The molecule has 5 rings (SSSR count). The summed E-state index contributed by atoms with van der Waals surface area (Å²) in [4.78, 5) is 53.5. The topological polar surface area (TPSA) is 176 Å². The van der Waals surface area contributed by atoms with Crippen molar-refractivity contribution in [3.63, 3.8) is 0 Å². The molecule has 0 unspecified atom stereocenters. The van der Waals surface area contributed by atoms with Gasteiger partial charge in [-0.05, 0) is 130 Å². The van der Waals surface area contributed by atoms with E-state index in [1.54, 1.807) is 48.5 Å². The highest BCUT2D eigenvalue weighted by Gasteiger charge is 2.17. The zero-order valence-corrected chi connectivity index (χ0v) is 35.6. The standard InChI is InChI=1S/C48H48N4O10S/c1-3-44(53)59-31-13-7-5-11-29-57-38-21-17-35(18-22-38)46(55)61-40-25-26-42(37(33-40)34-50-52(28-27-49)48-51-41-15-9-10-16-43(41)63-48)62-47(56)36-19-23-39(24-20-36)58-30-12-6-8-14-32-60-45(54)4-2/h3-4,9-10,15-26,33-34H,1-2,5-8,11-14,28-32H2/b50-34+. The van der Waals surface area contributed by atoms with Crippen LogP contribution in [-0.4, -0.2) is 68.0 Å². The number of carbonyl (C=O) groups excluding carboxylic acids is 4. The van der Waals surface area contributed by atoms with Gasteiger partial charge in [-0.1, -0.05) is 36.6 Å². The minimum Gasteiger partial charge on any atom is -0.494 e. The molecule has 326 valence electrons. The maximum absolute atomic E-state index is 13.4. The molecule has 14 nitrogen and oxygen atoms in total. The van der Waals surface area contributed by atoms with Crippen LogP contribution in [0, 0.1) is 11.3 Å². The Balaban J connectivity index is 1.21. The quantitative estimate of drug-likeness (QED) is 0.00978. The molecule has 5 aromatic rings. The minimum atomic E-state index is -0.646. The van der Waals surface area contributed by atoms with E-state index >= 15 is 0 Å². The third-order valence-corrected chi connectivity index (χ3v) is 10.1. The molecule has 0 radical (unpaired) electrons. The van der Waals surface area contributed by atoms with E-state index in [-0.39, 0.29) is 34.7 Å². The van der Waals surface area contributed by atoms with E-state index < -0.39 is 23.9 Å². The van der Waals surface area contributed by atoms with Crippen molar-refractivity contribution < 1.29 is 47.6 Å². The van der Waals surface area contributed by atoms with Gasteiger partial charge in [-0.15, -0.1) is 0 Å². The molecule has 0 saturated carbocycles. The Morgan fingerprint density at radius 2 is 1.19 bits per heavy atom. The van der Waals surface area contributed by atoms with Gasteiger partial charge in [0.15, 0.2) is 0 Å². The lowest BCUT2D eigenvalue weighted by molar-refractivity contribution is -0.138. The first-order chi connectivity index (χ1) is 30.8. The van der Waals surface area contributed by atoms with Crippen molar-refractivity contribution >= 4 is 56.8 Å². The van der Waals surface area contributed by atoms with Gasteiger partial charge >= 0.3 is 23.9 Å². The van der Waals surface area contributed by atoms with Crippen molar-refractivity contribution in [1.29, 1.82) is 5.26 Å². The van der Waals surface area contributed by atoms with Crippen LogP contribution in [0.4, 0.5) is 5.13 Å². The first-order valence-electron chi connectivity index (χ1n) is 20.4. The average molecular weight is 873 g/mol. The first-order valence-corrected chi connectivity index (χ1v) is 21.2. The number of hydrogen-bond acceptors (Lipinski definition) is 15. The Hall–Kier alpha value is -7.31. The minimum absolute atomic E-state index is 0.115. The van der Waals surface area contributed by atoms with Crippen molar-refractivity contribution in [2.24, 2.45) is 5.10 Å². The Kier molecular flexibility index (Phi) is 18.9. The van der Waals surface area contributed by atoms with Crippen molar-refractivity contribution in [3.05, 3.63) is 133 Å². The molecule has 0 amide bonds. The molecule has 1 heterocycles. The Labute approximate surface area is 370 Å². The SMILES string of the molecule is C=CC(=O)OCCCCCCOc1ccc(C(=O)Oc2ccc(OC(=O)c3ccc(OCCCCCCOC(=O)C=C)cc3)c(/C=N/N(CC#N)c3nc4ccccc4s3)c2)cc1. The Bertz CT molecular complexity index is 2360. The summed E-state index contributed by atoms with van der Waals surface area (Å²) in [7, 11) is 0. The largest absolute Gasteiger partial charge is 0.494 e. The summed E-state index contributed by atoms with van der Waals surface area (Å²) in [6.07, 6.45) is 10.4. The number of nitrogens with zero attached hydrogens (tertiary/aromatic N) is 4. The number of anilines is 1. The number of carbonyl (C=O) groups is 4. The molecule has 0 atom stereocenters. The molecule has 0 aliphatic heterocycles. The summed E-state index contributed by atoms with van der Waals surface area (Å²) in [5.41, 5.74) is 1.60. The van der Waals surface area contributed by atoms with Crippen LogP contribution >= 0.6 is 11.3 Å². The van der Waals surface area contributed by atoms with Crippen LogP contribution < -0.4 is 24.0 Å². The zero-order valence-electron chi connectivity index (χ0n) is 34.8. The van der Waals surface area contributed by atoms with Crippen LogP contribution in [0.3, 0.4) is 0 Å². The van der Waals surface area contributed by atoms with Crippen molar-refractivity contribution in [1.82, 2.24) is 4.98 Å². The third kappa shape index (κ3) is 15.6. The van der Waals surface area contributed by atoms with Gasteiger partial charge in [0.2, 0.25) is 5.13 Å². The van der Waals surface area contributed by atoms with Crippen molar-refractivity contribution in [2.45, 2.75) is 51.4 Å². The molecule has 0 spiro atoms. The van der Waals surface area contributed by atoms with E-state index in [0.29, 0.717) is 43.1 Å². The van der Waals surface area contributed by atoms with E-state index in [1.165, 1.54) is 40.8 Å². The van der Waals surface area contributed by atoms with E-state index in [2.05, 4.69) is 29.3 Å². The lowest BCUT2D eigenvalue weighted by Crippen LogP contribution is -2.17. The van der Waals surface area contributed by atoms with Crippen LogP contribution in [0.25, 0.3) is 10.2 Å². The maximum atomic E-state index is 13.4. The fraction of sp³-hybridized carbons (Fsp3) is 0.271. The van der Waals surface area contributed by atoms with E-state index in [0.717, 1.165) is 73.7 Å². The van der Waals surface area contributed by atoms with Crippen molar-refractivity contribution in [3.8, 4) is 29.1 Å². The molecule has 0 aliphatic rings. The van der Waals surface area contributed by atoms with Gasteiger partial charge in [0, 0.05) is 17.7 Å². The molecule has 0 fully saturated rings. The average Bonchev–Trinajstić information content (AvgIpc) is 3.74. The first kappa shape index (κ1) is 46.8. The number of aromatic nitrogens is 1. The van der Waals surface area contributed by atoms with Gasteiger partial charge < -0.3 is 28.4 Å². The smallest absolute Gasteiger partial charge is 0.343 e. The molecule has 0 N–H and O–H groups in total.